The van der Waals surface area contributed by atoms with Gasteiger partial charge in [-0.1, -0.05) is 5.16 Å². The summed E-state index contributed by atoms with van der Waals surface area (Å²) in [5, 5.41) is 3.93. The third-order valence-electron chi connectivity index (χ3n) is 2.82. The minimum atomic E-state index is -0.128. The second kappa shape index (κ2) is 4.19. The molecule has 2 aromatic rings. The van der Waals surface area contributed by atoms with E-state index < -0.39 is 0 Å². The van der Waals surface area contributed by atoms with Crippen LogP contribution < -0.4 is 5.73 Å². The SMILES string of the molecule is NC(c1nc(-c2cncc(Br)c2)no1)C1CC1. The van der Waals surface area contributed by atoms with E-state index in [0.29, 0.717) is 17.6 Å². The molecule has 1 aliphatic carbocycles. The first-order valence-corrected chi connectivity index (χ1v) is 6.23. The maximum Gasteiger partial charge on any atom is 0.244 e. The van der Waals surface area contributed by atoms with Crippen LogP contribution >= 0.6 is 15.9 Å². The Balaban J connectivity index is 1.89. The summed E-state index contributed by atoms with van der Waals surface area (Å²) < 4.78 is 6.08. The summed E-state index contributed by atoms with van der Waals surface area (Å²) in [5.74, 6) is 1.55. The van der Waals surface area contributed by atoms with Crippen LogP contribution in [0.3, 0.4) is 0 Å². The van der Waals surface area contributed by atoms with Crippen LogP contribution in [0.1, 0.15) is 24.8 Å². The van der Waals surface area contributed by atoms with E-state index >= 15 is 0 Å². The van der Waals surface area contributed by atoms with Crippen molar-refractivity contribution in [3.63, 3.8) is 0 Å². The maximum atomic E-state index is 6.00. The highest BCUT2D eigenvalue weighted by Gasteiger charge is 2.33. The summed E-state index contributed by atoms with van der Waals surface area (Å²) in [4.78, 5) is 8.38. The molecule has 88 valence electrons. The molecule has 1 unspecified atom stereocenters. The van der Waals surface area contributed by atoms with Crippen molar-refractivity contribution in [2.75, 3.05) is 0 Å². The smallest absolute Gasteiger partial charge is 0.244 e. The minimum Gasteiger partial charge on any atom is -0.337 e. The number of nitrogens with two attached hydrogens (primary N) is 1. The molecule has 3 rings (SSSR count). The maximum absolute atomic E-state index is 6.00. The van der Waals surface area contributed by atoms with E-state index in [1.807, 2.05) is 6.07 Å². The molecular weight excluding hydrogens is 284 g/mol. The van der Waals surface area contributed by atoms with Gasteiger partial charge in [-0.3, -0.25) is 4.98 Å². The van der Waals surface area contributed by atoms with Crippen molar-refractivity contribution in [3.05, 3.63) is 28.8 Å². The van der Waals surface area contributed by atoms with E-state index in [9.17, 15) is 0 Å². The van der Waals surface area contributed by atoms with Gasteiger partial charge in [-0.15, -0.1) is 0 Å². The molecule has 0 aromatic carbocycles. The number of halogens is 1. The zero-order chi connectivity index (χ0) is 11.8. The normalized spacial score (nSPS) is 17.1. The number of aromatic nitrogens is 3. The van der Waals surface area contributed by atoms with E-state index in [1.54, 1.807) is 12.4 Å². The van der Waals surface area contributed by atoms with Gasteiger partial charge in [-0.2, -0.15) is 4.98 Å². The Morgan fingerprint density at radius 3 is 2.94 bits per heavy atom. The number of rotatable bonds is 3. The molecule has 0 radical (unpaired) electrons. The third kappa shape index (κ3) is 2.23. The van der Waals surface area contributed by atoms with Gasteiger partial charge in [0.25, 0.3) is 0 Å². The monoisotopic (exact) mass is 294 g/mol. The Hall–Kier alpha value is -1.27. The van der Waals surface area contributed by atoms with E-state index in [1.165, 1.54) is 0 Å². The van der Waals surface area contributed by atoms with Crippen LogP contribution in [0.5, 0.6) is 0 Å². The van der Waals surface area contributed by atoms with Gasteiger partial charge in [-0.05, 0) is 40.8 Å². The van der Waals surface area contributed by atoms with Crippen LogP contribution in [0.15, 0.2) is 27.5 Å². The lowest BCUT2D eigenvalue weighted by Crippen LogP contribution is -2.12. The first-order valence-electron chi connectivity index (χ1n) is 5.44. The lowest BCUT2D eigenvalue weighted by molar-refractivity contribution is 0.343. The van der Waals surface area contributed by atoms with Gasteiger partial charge in [-0.25, -0.2) is 0 Å². The molecule has 1 aliphatic rings. The average Bonchev–Trinajstić information content (AvgIpc) is 3.05. The Labute approximate surface area is 107 Å². The molecule has 2 N–H and O–H groups in total. The highest BCUT2D eigenvalue weighted by Crippen LogP contribution is 2.39. The molecule has 1 saturated carbocycles. The predicted octanol–water partition coefficient (Wildman–Crippen LogP) is 2.30. The topological polar surface area (TPSA) is 77.8 Å². The van der Waals surface area contributed by atoms with E-state index in [0.717, 1.165) is 22.9 Å². The van der Waals surface area contributed by atoms with Gasteiger partial charge < -0.3 is 10.3 Å². The zero-order valence-electron chi connectivity index (χ0n) is 9.01. The quantitative estimate of drug-likeness (QED) is 0.940. The van der Waals surface area contributed by atoms with Crippen LogP contribution in [0.25, 0.3) is 11.4 Å². The van der Waals surface area contributed by atoms with E-state index in [2.05, 4.69) is 31.1 Å². The molecular formula is C11H11BrN4O. The fourth-order valence-corrected chi connectivity index (χ4v) is 2.04. The Morgan fingerprint density at radius 1 is 1.41 bits per heavy atom. The first kappa shape index (κ1) is 10.9. The van der Waals surface area contributed by atoms with Crippen LogP contribution in [-0.2, 0) is 0 Å². The third-order valence-corrected chi connectivity index (χ3v) is 3.25. The molecule has 1 fully saturated rings. The highest BCUT2D eigenvalue weighted by atomic mass is 79.9. The minimum absolute atomic E-state index is 0.128. The lowest BCUT2D eigenvalue weighted by atomic mass is 10.2. The van der Waals surface area contributed by atoms with Gasteiger partial charge in [0.15, 0.2) is 0 Å². The molecule has 0 bridgehead atoms. The van der Waals surface area contributed by atoms with E-state index in [4.69, 9.17) is 10.3 Å². The van der Waals surface area contributed by atoms with Crippen molar-refractivity contribution in [2.45, 2.75) is 18.9 Å². The van der Waals surface area contributed by atoms with Crippen molar-refractivity contribution in [1.29, 1.82) is 0 Å². The molecule has 2 heterocycles. The molecule has 0 aliphatic heterocycles. The number of hydrogen-bond acceptors (Lipinski definition) is 5. The molecule has 0 amide bonds. The van der Waals surface area contributed by atoms with Crippen molar-refractivity contribution >= 4 is 15.9 Å². The van der Waals surface area contributed by atoms with E-state index in [-0.39, 0.29) is 6.04 Å². The largest absolute Gasteiger partial charge is 0.337 e. The summed E-state index contributed by atoms with van der Waals surface area (Å²) in [6.07, 6.45) is 5.71. The fraction of sp³-hybridized carbons (Fsp3) is 0.364. The zero-order valence-corrected chi connectivity index (χ0v) is 10.6. The molecule has 0 saturated heterocycles. The van der Waals surface area contributed by atoms with Crippen molar-refractivity contribution in [3.8, 4) is 11.4 Å². The van der Waals surface area contributed by atoms with Gasteiger partial charge >= 0.3 is 0 Å². The van der Waals surface area contributed by atoms with Gasteiger partial charge in [0.05, 0.1) is 6.04 Å². The van der Waals surface area contributed by atoms with Crippen LogP contribution in [0.4, 0.5) is 0 Å². The first-order chi connectivity index (χ1) is 8.24. The fourth-order valence-electron chi connectivity index (χ4n) is 1.68. The molecule has 6 heteroatoms. The van der Waals surface area contributed by atoms with Gasteiger partial charge in [0, 0.05) is 22.4 Å². The van der Waals surface area contributed by atoms with Gasteiger partial charge in [0.2, 0.25) is 11.7 Å². The Kier molecular flexibility index (Phi) is 2.68. The second-order valence-electron chi connectivity index (χ2n) is 4.21. The highest BCUT2D eigenvalue weighted by molar-refractivity contribution is 9.10. The summed E-state index contributed by atoms with van der Waals surface area (Å²) in [7, 11) is 0. The number of hydrogen-bond donors (Lipinski definition) is 1. The standard InChI is InChI=1S/C11H11BrN4O/c12-8-3-7(4-14-5-8)10-15-11(17-16-10)9(13)6-1-2-6/h3-6,9H,1-2,13H2. The second-order valence-corrected chi connectivity index (χ2v) is 5.13. The lowest BCUT2D eigenvalue weighted by Gasteiger charge is -2.01. The summed E-state index contributed by atoms with van der Waals surface area (Å²) in [6, 6.07) is 1.76. The molecule has 17 heavy (non-hydrogen) atoms. The average molecular weight is 295 g/mol. The molecule has 0 spiro atoms. The molecule has 1 atom stereocenters. The van der Waals surface area contributed by atoms with Crippen LogP contribution in [0, 0.1) is 5.92 Å². The molecule has 5 nitrogen and oxygen atoms in total. The Morgan fingerprint density at radius 2 is 2.24 bits per heavy atom. The van der Waals surface area contributed by atoms with Crippen LogP contribution in [-0.4, -0.2) is 15.1 Å². The van der Waals surface area contributed by atoms with Crippen molar-refractivity contribution < 1.29 is 4.52 Å². The van der Waals surface area contributed by atoms with Crippen LogP contribution in [0.2, 0.25) is 0 Å². The predicted molar refractivity (Wildman–Crippen MR) is 64.9 cm³/mol. The summed E-state index contributed by atoms with van der Waals surface area (Å²) in [5.41, 5.74) is 6.82. The van der Waals surface area contributed by atoms with Gasteiger partial charge in [0.1, 0.15) is 0 Å². The van der Waals surface area contributed by atoms with Crippen molar-refractivity contribution in [1.82, 2.24) is 15.1 Å². The summed E-state index contributed by atoms with van der Waals surface area (Å²) >= 11 is 3.36. The summed E-state index contributed by atoms with van der Waals surface area (Å²) in [6.45, 7) is 0. The van der Waals surface area contributed by atoms with Crippen molar-refractivity contribution in [2.24, 2.45) is 11.7 Å². The number of nitrogens with zero attached hydrogens (tertiary/aromatic N) is 3. The Bertz CT molecular complexity index is 538. The number of pyridine rings is 1. The molecule has 2 aromatic heterocycles.